The number of hydrogen-bond acceptors (Lipinski definition) is 2. The molecule has 1 heterocycles. The van der Waals surface area contributed by atoms with E-state index in [0.717, 1.165) is 14.8 Å². The van der Waals surface area contributed by atoms with E-state index >= 15 is 0 Å². The number of hydrogen-bond donors (Lipinski definition) is 0. The van der Waals surface area contributed by atoms with Gasteiger partial charge in [-0.3, -0.25) is 4.79 Å². The molecule has 1 amide bonds. The minimum Gasteiger partial charge on any atom is -0.334 e. The Balaban J connectivity index is 1.97. The third kappa shape index (κ3) is 4.87. The molecule has 22 heavy (non-hydrogen) atoms. The number of amides is 1. The molecule has 0 aliphatic rings. The van der Waals surface area contributed by atoms with Crippen molar-refractivity contribution in [3.63, 3.8) is 0 Å². The summed E-state index contributed by atoms with van der Waals surface area (Å²) in [6.45, 7) is 4.81. The van der Waals surface area contributed by atoms with Crippen molar-refractivity contribution in [1.82, 2.24) is 4.90 Å². The number of aryl methyl sites for hydroxylation is 1. The summed E-state index contributed by atoms with van der Waals surface area (Å²) in [4.78, 5) is 15.3. The number of carbonyl (C=O) groups is 1. The van der Waals surface area contributed by atoms with Gasteiger partial charge < -0.3 is 4.90 Å². The molecular formula is C17H17Cl2NOS. The number of benzene rings is 1. The lowest BCUT2D eigenvalue weighted by molar-refractivity contribution is -0.131. The van der Waals surface area contributed by atoms with Gasteiger partial charge in [0.2, 0.25) is 5.91 Å². The number of thiophene rings is 1. The Bertz CT molecular complexity index is 654. The van der Waals surface area contributed by atoms with Crippen LogP contribution in [0.25, 0.3) is 0 Å². The first-order chi connectivity index (χ1) is 10.6. The van der Waals surface area contributed by atoms with Crippen molar-refractivity contribution in [2.24, 2.45) is 0 Å². The molecule has 0 bridgehead atoms. The topological polar surface area (TPSA) is 20.3 Å². The number of nitrogens with zero attached hydrogens (tertiary/aromatic N) is 1. The summed E-state index contributed by atoms with van der Waals surface area (Å²) in [7, 11) is 0. The average Bonchev–Trinajstić information content (AvgIpc) is 2.91. The summed E-state index contributed by atoms with van der Waals surface area (Å²) < 4.78 is 0.733. The fourth-order valence-corrected chi connectivity index (χ4v) is 3.47. The van der Waals surface area contributed by atoms with E-state index < -0.39 is 0 Å². The van der Waals surface area contributed by atoms with Gasteiger partial charge in [-0.05, 0) is 30.2 Å². The maximum atomic E-state index is 12.4. The van der Waals surface area contributed by atoms with Gasteiger partial charge in [0.15, 0.2) is 0 Å². The van der Waals surface area contributed by atoms with E-state index in [1.54, 1.807) is 11.0 Å². The highest BCUT2D eigenvalue weighted by molar-refractivity contribution is 7.16. The minimum absolute atomic E-state index is 0.0874. The summed E-state index contributed by atoms with van der Waals surface area (Å²) in [5, 5.41) is 0.704. The zero-order valence-electron chi connectivity index (χ0n) is 12.1. The third-order valence-corrected chi connectivity index (χ3v) is 4.83. The van der Waals surface area contributed by atoms with Crippen LogP contribution in [0.3, 0.4) is 0 Å². The van der Waals surface area contributed by atoms with Crippen molar-refractivity contribution in [2.75, 3.05) is 6.54 Å². The van der Waals surface area contributed by atoms with Crippen LogP contribution in [0.5, 0.6) is 0 Å². The molecule has 0 atom stereocenters. The van der Waals surface area contributed by atoms with Crippen LogP contribution < -0.4 is 0 Å². The Labute approximate surface area is 145 Å². The molecule has 0 N–H and O–H groups in total. The zero-order chi connectivity index (χ0) is 15.9. The van der Waals surface area contributed by atoms with E-state index in [1.165, 1.54) is 11.3 Å². The average molecular weight is 354 g/mol. The predicted molar refractivity (Wildman–Crippen MR) is 94.7 cm³/mol. The molecule has 2 aromatic rings. The highest BCUT2D eigenvalue weighted by atomic mass is 35.5. The van der Waals surface area contributed by atoms with Crippen LogP contribution in [-0.4, -0.2) is 17.4 Å². The van der Waals surface area contributed by atoms with Crippen molar-refractivity contribution in [3.05, 3.63) is 68.9 Å². The normalized spacial score (nSPS) is 10.5. The molecule has 116 valence electrons. The highest BCUT2D eigenvalue weighted by Gasteiger charge is 2.14. The molecular weight excluding hydrogens is 337 g/mol. The van der Waals surface area contributed by atoms with Gasteiger partial charge in [-0.25, -0.2) is 0 Å². The van der Waals surface area contributed by atoms with Crippen LogP contribution in [0.15, 0.2) is 49.1 Å². The number of carbonyl (C=O) groups excluding carboxylic acids is 1. The summed E-state index contributed by atoms with van der Waals surface area (Å²) in [5.74, 6) is 0.0874. The molecule has 0 spiro atoms. The predicted octanol–water partition coefficient (Wildman–Crippen LogP) is 5.20. The molecule has 0 radical (unpaired) electrons. The first-order valence-corrected chi connectivity index (χ1v) is 8.53. The maximum Gasteiger partial charge on any atom is 0.223 e. The fraction of sp³-hybridized carbons (Fsp3) is 0.235. The Morgan fingerprint density at radius 2 is 2.00 bits per heavy atom. The molecule has 0 saturated carbocycles. The largest absolute Gasteiger partial charge is 0.334 e. The van der Waals surface area contributed by atoms with Crippen LogP contribution >= 0.6 is 34.5 Å². The van der Waals surface area contributed by atoms with Crippen LogP contribution in [0.1, 0.15) is 16.9 Å². The Kier molecular flexibility index (Phi) is 6.49. The second-order valence-electron chi connectivity index (χ2n) is 4.86. The van der Waals surface area contributed by atoms with E-state index in [-0.39, 0.29) is 5.91 Å². The van der Waals surface area contributed by atoms with Crippen LogP contribution in [0, 0.1) is 0 Å². The van der Waals surface area contributed by atoms with Gasteiger partial charge >= 0.3 is 0 Å². The lowest BCUT2D eigenvalue weighted by Crippen LogP contribution is -2.30. The van der Waals surface area contributed by atoms with Gasteiger partial charge in [0.05, 0.1) is 10.9 Å². The summed E-state index contributed by atoms with van der Waals surface area (Å²) in [6.07, 6.45) is 2.80. The first-order valence-electron chi connectivity index (χ1n) is 6.96. The van der Waals surface area contributed by atoms with E-state index in [2.05, 4.69) is 6.58 Å². The molecule has 0 aliphatic carbocycles. The standard InChI is InChI=1S/C17H17Cl2NOS/c1-2-11-20(12-14-8-9-16(19)22-14)17(21)10-7-13-5-3-4-6-15(13)18/h2-6,8-9H,1,7,10-12H2. The van der Waals surface area contributed by atoms with Crippen LogP contribution in [0.4, 0.5) is 0 Å². The van der Waals surface area contributed by atoms with Gasteiger partial charge in [-0.1, -0.05) is 47.5 Å². The van der Waals surface area contributed by atoms with Crippen molar-refractivity contribution < 1.29 is 4.79 Å². The van der Waals surface area contributed by atoms with Gasteiger partial charge in [0, 0.05) is 22.9 Å². The van der Waals surface area contributed by atoms with Crippen molar-refractivity contribution in [2.45, 2.75) is 19.4 Å². The van der Waals surface area contributed by atoms with Crippen LogP contribution in [-0.2, 0) is 17.8 Å². The van der Waals surface area contributed by atoms with E-state index in [4.69, 9.17) is 23.2 Å². The maximum absolute atomic E-state index is 12.4. The SMILES string of the molecule is C=CCN(Cc1ccc(Cl)s1)C(=O)CCc1ccccc1Cl. The highest BCUT2D eigenvalue weighted by Crippen LogP contribution is 2.23. The minimum atomic E-state index is 0.0874. The molecule has 2 nitrogen and oxygen atoms in total. The van der Waals surface area contributed by atoms with Crippen molar-refractivity contribution >= 4 is 40.4 Å². The van der Waals surface area contributed by atoms with Gasteiger partial charge in [0.1, 0.15) is 0 Å². The number of halogens is 2. The molecule has 1 aromatic carbocycles. The molecule has 1 aromatic heterocycles. The molecule has 0 fully saturated rings. The van der Waals surface area contributed by atoms with Crippen molar-refractivity contribution in [1.29, 1.82) is 0 Å². The van der Waals surface area contributed by atoms with Crippen LogP contribution in [0.2, 0.25) is 9.36 Å². The van der Waals surface area contributed by atoms with Gasteiger partial charge in [-0.2, -0.15) is 0 Å². The zero-order valence-corrected chi connectivity index (χ0v) is 14.4. The Morgan fingerprint density at radius 1 is 1.23 bits per heavy atom. The monoisotopic (exact) mass is 353 g/mol. The lowest BCUT2D eigenvalue weighted by Gasteiger charge is -2.20. The smallest absolute Gasteiger partial charge is 0.223 e. The number of rotatable bonds is 7. The second kappa shape index (κ2) is 8.37. The Hall–Kier alpha value is -1.29. The van der Waals surface area contributed by atoms with E-state index in [9.17, 15) is 4.79 Å². The molecule has 0 aliphatic heterocycles. The quantitative estimate of drug-likeness (QED) is 0.626. The van der Waals surface area contributed by atoms with Gasteiger partial charge in [-0.15, -0.1) is 17.9 Å². The third-order valence-electron chi connectivity index (χ3n) is 3.24. The van der Waals surface area contributed by atoms with E-state index in [1.807, 2.05) is 36.4 Å². The summed E-state index contributed by atoms with van der Waals surface area (Å²) in [5.41, 5.74) is 0.996. The molecule has 0 unspecified atom stereocenters. The summed E-state index contributed by atoms with van der Waals surface area (Å²) >= 11 is 13.6. The van der Waals surface area contributed by atoms with E-state index in [0.29, 0.717) is 31.0 Å². The first kappa shape index (κ1) is 17.1. The fourth-order valence-electron chi connectivity index (χ4n) is 2.14. The molecule has 2 rings (SSSR count). The summed E-state index contributed by atoms with van der Waals surface area (Å²) in [6, 6.07) is 11.4. The van der Waals surface area contributed by atoms with Gasteiger partial charge in [0.25, 0.3) is 0 Å². The lowest BCUT2D eigenvalue weighted by atomic mass is 10.1. The second-order valence-corrected chi connectivity index (χ2v) is 7.07. The molecule has 5 heteroatoms. The van der Waals surface area contributed by atoms with Crippen molar-refractivity contribution in [3.8, 4) is 0 Å². The molecule has 0 saturated heterocycles. The Morgan fingerprint density at radius 3 is 2.64 bits per heavy atom.